The molecule has 2 heterocycles. The number of amides is 4. The summed E-state index contributed by atoms with van der Waals surface area (Å²) in [4.78, 5) is 54.5. The Morgan fingerprint density at radius 3 is 1.77 bits per heavy atom. The second-order valence-electron chi connectivity index (χ2n) is 9.58. The number of nitrogens with zero attached hydrogens (tertiary/aromatic N) is 2. The molecule has 0 radical (unpaired) electrons. The Hall–Kier alpha value is -2.76. The van der Waals surface area contributed by atoms with Gasteiger partial charge in [-0.25, -0.2) is 0 Å². The predicted octanol–water partition coefficient (Wildman–Crippen LogP) is 2.92. The minimum Gasteiger partial charge on any atom is -0.274 e. The van der Waals surface area contributed by atoms with Crippen molar-refractivity contribution in [2.45, 2.75) is 32.6 Å². The standard InChI is InChI=1S/C24H24N2O4/c1-12-3-2-4-17-18(12)22(28)25(21(17)27)15-7-9-16(10-8-15)26-23(29)19-13-5-6-14(11-13)20(19)24(26)30/h2-3,7-10,12-14,17-20H,4-6,11H2,1H3/t12-,13-,14+,17-,18+,19-,20+/m0/s1. The summed E-state index contributed by atoms with van der Waals surface area (Å²) < 4.78 is 0. The molecule has 5 aliphatic rings. The first kappa shape index (κ1) is 18.0. The summed E-state index contributed by atoms with van der Waals surface area (Å²) in [6, 6.07) is 6.75. The molecule has 2 aliphatic heterocycles. The normalized spacial score (nSPS) is 39.3. The van der Waals surface area contributed by atoms with E-state index in [0.717, 1.165) is 19.3 Å². The van der Waals surface area contributed by atoms with Gasteiger partial charge in [0.15, 0.2) is 0 Å². The highest BCUT2D eigenvalue weighted by Gasteiger charge is 2.61. The number of hydrogen-bond acceptors (Lipinski definition) is 4. The summed E-state index contributed by atoms with van der Waals surface area (Å²) in [5, 5.41) is 0. The van der Waals surface area contributed by atoms with Crippen LogP contribution in [0.3, 0.4) is 0 Å². The number of carbonyl (C=O) groups is 4. The molecule has 2 bridgehead atoms. The van der Waals surface area contributed by atoms with Crippen molar-refractivity contribution in [3.8, 4) is 0 Å². The van der Waals surface area contributed by atoms with E-state index in [1.54, 1.807) is 24.3 Å². The fraction of sp³-hybridized carbons (Fsp3) is 0.500. The third-order valence-corrected chi connectivity index (χ3v) is 8.17. The van der Waals surface area contributed by atoms with E-state index in [9.17, 15) is 19.2 Å². The molecule has 1 aromatic carbocycles. The number of anilines is 2. The second kappa shape index (κ2) is 6.13. The number of benzene rings is 1. The van der Waals surface area contributed by atoms with Crippen LogP contribution in [0.4, 0.5) is 11.4 Å². The van der Waals surface area contributed by atoms with Crippen molar-refractivity contribution in [3.05, 3.63) is 36.4 Å². The summed E-state index contributed by atoms with van der Waals surface area (Å²) in [5.74, 6) is -0.661. The van der Waals surface area contributed by atoms with Gasteiger partial charge >= 0.3 is 0 Å². The summed E-state index contributed by atoms with van der Waals surface area (Å²) in [6.45, 7) is 1.97. The maximum atomic E-state index is 13.0. The van der Waals surface area contributed by atoms with Gasteiger partial charge in [0.05, 0.1) is 35.0 Å². The average molecular weight is 404 g/mol. The molecule has 6 nitrogen and oxygen atoms in total. The van der Waals surface area contributed by atoms with Gasteiger partial charge in [0.25, 0.3) is 0 Å². The first-order valence-electron chi connectivity index (χ1n) is 11.0. The molecule has 2 saturated heterocycles. The Morgan fingerprint density at radius 2 is 1.23 bits per heavy atom. The van der Waals surface area contributed by atoms with Crippen LogP contribution in [-0.2, 0) is 19.2 Å². The van der Waals surface area contributed by atoms with Crippen molar-refractivity contribution in [3.63, 3.8) is 0 Å². The van der Waals surface area contributed by atoms with E-state index in [2.05, 4.69) is 0 Å². The van der Waals surface area contributed by atoms with Crippen LogP contribution in [0.5, 0.6) is 0 Å². The van der Waals surface area contributed by atoms with Gasteiger partial charge in [0, 0.05) is 0 Å². The highest BCUT2D eigenvalue weighted by molar-refractivity contribution is 6.24. The van der Waals surface area contributed by atoms with Gasteiger partial charge < -0.3 is 0 Å². The quantitative estimate of drug-likeness (QED) is 0.561. The molecule has 30 heavy (non-hydrogen) atoms. The molecular weight excluding hydrogens is 380 g/mol. The van der Waals surface area contributed by atoms with Gasteiger partial charge in [-0.05, 0) is 67.7 Å². The lowest BCUT2D eigenvalue weighted by molar-refractivity contribution is -0.124. The van der Waals surface area contributed by atoms with Crippen LogP contribution < -0.4 is 9.80 Å². The highest BCUT2D eigenvalue weighted by atomic mass is 16.2. The zero-order chi connectivity index (χ0) is 20.7. The van der Waals surface area contributed by atoms with Crippen molar-refractivity contribution in [1.82, 2.24) is 0 Å². The Kier molecular flexibility index (Phi) is 3.68. The molecule has 0 N–H and O–H groups in total. The molecular formula is C24H24N2O4. The minimum absolute atomic E-state index is 0.0408. The largest absolute Gasteiger partial charge is 0.274 e. The van der Waals surface area contributed by atoms with Crippen LogP contribution >= 0.6 is 0 Å². The molecule has 0 aromatic heterocycles. The zero-order valence-corrected chi connectivity index (χ0v) is 16.9. The van der Waals surface area contributed by atoms with Crippen LogP contribution in [0, 0.1) is 41.4 Å². The third kappa shape index (κ3) is 2.19. The Morgan fingerprint density at radius 1 is 0.733 bits per heavy atom. The minimum atomic E-state index is -0.307. The van der Waals surface area contributed by atoms with Crippen molar-refractivity contribution >= 4 is 35.0 Å². The fourth-order valence-electron chi connectivity index (χ4n) is 6.82. The van der Waals surface area contributed by atoms with E-state index < -0.39 is 0 Å². The number of carbonyl (C=O) groups excluding carboxylic acids is 4. The lowest BCUT2D eigenvalue weighted by Crippen LogP contribution is -2.33. The van der Waals surface area contributed by atoms with Gasteiger partial charge in [-0.3, -0.25) is 29.0 Å². The fourth-order valence-corrected chi connectivity index (χ4v) is 6.82. The first-order chi connectivity index (χ1) is 14.5. The lowest BCUT2D eigenvalue weighted by atomic mass is 9.78. The summed E-state index contributed by atoms with van der Waals surface area (Å²) in [5.41, 5.74) is 1.05. The van der Waals surface area contributed by atoms with Crippen molar-refractivity contribution in [2.24, 2.45) is 41.4 Å². The van der Waals surface area contributed by atoms with Crippen molar-refractivity contribution in [1.29, 1.82) is 0 Å². The predicted molar refractivity (Wildman–Crippen MR) is 109 cm³/mol. The molecule has 154 valence electrons. The molecule has 0 unspecified atom stereocenters. The van der Waals surface area contributed by atoms with Gasteiger partial charge in [0.2, 0.25) is 23.6 Å². The second-order valence-corrected chi connectivity index (χ2v) is 9.58. The summed E-state index contributed by atoms with van der Waals surface area (Å²) in [6.07, 6.45) is 7.69. The average Bonchev–Trinajstić information content (AvgIpc) is 3.47. The molecule has 6 rings (SSSR count). The third-order valence-electron chi connectivity index (χ3n) is 8.17. The molecule has 0 spiro atoms. The lowest BCUT2D eigenvalue weighted by Gasteiger charge is -2.22. The van der Waals surface area contributed by atoms with Crippen LogP contribution in [0.1, 0.15) is 32.6 Å². The zero-order valence-electron chi connectivity index (χ0n) is 16.9. The number of fused-ring (bicyclic) bond motifs is 6. The van der Waals surface area contributed by atoms with Crippen LogP contribution in [0.2, 0.25) is 0 Å². The molecule has 6 heteroatoms. The highest BCUT2D eigenvalue weighted by Crippen LogP contribution is 2.56. The molecule has 4 amide bonds. The Labute approximate surface area is 174 Å². The van der Waals surface area contributed by atoms with Crippen LogP contribution in [0.25, 0.3) is 0 Å². The van der Waals surface area contributed by atoms with Crippen LogP contribution in [-0.4, -0.2) is 23.6 Å². The van der Waals surface area contributed by atoms with E-state index in [1.807, 2.05) is 19.1 Å². The van der Waals surface area contributed by atoms with E-state index in [1.165, 1.54) is 9.80 Å². The smallest absolute Gasteiger partial charge is 0.238 e. The number of hydrogen-bond donors (Lipinski definition) is 0. The molecule has 2 saturated carbocycles. The number of imide groups is 2. The topological polar surface area (TPSA) is 74.8 Å². The molecule has 4 fully saturated rings. The number of allylic oxidation sites excluding steroid dienone is 2. The Bertz CT molecular complexity index is 964. The van der Waals surface area contributed by atoms with E-state index in [0.29, 0.717) is 29.6 Å². The summed E-state index contributed by atoms with van der Waals surface area (Å²) >= 11 is 0. The molecule has 1 aromatic rings. The van der Waals surface area contributed by atoms with Gasteiger partial charge in [-0.1, -0.05) is 19.1 Å². The van der Waals surface area contributed by atoms with E-state index >= 15 is 0 Å². The van der Waals surface area contributed by atoms with Crippen molar-refractivity contribution < 1.29 is 19.2 Å². The maximum absolute atomic E-state index is 13.0. The Balaban J connectivity index is 1.28. The molecule has 3 aliphatic carbocycles. The summed E-state index contributed by atoms with van der Waals surface area (Å²) in [7, 11) is 0. The monoisotopic (exact) mass is 404 g/mol. The van der Waals surface area contributed by atoms with Crippen LogP contribution in [0.15, 0.2) is 36.4 Å². The van der Waals surface area contributed by atoms with Crippen molar-refractivity contribution in [2.75, 3.05) is 9.80 Å². The SMILES string of the molecule is C[C@H]1C=CC[C@@H]2C(=O)N(c3ccc(N4C(=O)[C@@H]5[C@@H]6CC[C@@H](C6)[C@@H]5C4=O)cc3)C(=O)[C@@H]21. The maximum Gasteiger partial charge on any atom is 0.238 e. The van der Waals surface area contributed by atoms with Gasteiger partial charge in [0.1, 0.15) is 0 Å². The van der Waals surface area contributed by atoms with Gasteiger partial charge in [-0.15, -0.1) is 0 Å². The van der Waals surface area contributed by atoms with Gasteiger partial charge in [-0.2, -0.15) is 0 Å². The molecule has 7 atom stereocenters. The van der Waals surface area contributed by atoms with E-state index in [4.69, 9.17) is 0 Å². The number of rotatable bonds is 2. The first-order valence-corrected chi connectivity index (χ1v) is 11.0. The van der Waals surface area contributed by atoms with E-state index in [-0.39, 0.29) is 53.2 Å².